The maximum atomic E-state index is 12.9. The van der Waals surface area contributed by atoms with Gasteiger partial charge in [0.1, 0.15) is 6.04 Å². The lowest BCUT2D eigenvalue weighted by molar-refractivity contribution is -0.133. The van der Waals surface area contributed by atoms with Gasteiger partial charge in [-0.15, -0.1) is 12.4 Å². The van der Waals surface area contributed by atoms with Crippen molar-refractivity contribution in [1.29, 1.82) is 0 Å². The average molecular weight is 388 g/mol. The van der Waals surface area contributed by atoms with Gasteiger partial charge in [0.15, 0.2) is 0 Å². The van der Waals surface area contributed by atoms with Crippen LogP contribution in [0.5, 0.6) is 0 Å². The molecule has 0 spiro atoms. The summed E-state index contributed by atoms with van der Waals surface area (Å²) in [5.74, 6) is 0.421. The fraction of sp³-hybridized carbons (Fsp3) is 0.588. The molecule has 2 aliphatic heterocycles. The molecular formula is C17H26ClN3O3S. The highest BCUT2D eigenvalue weighted by Crippen LogP contribution is 2.28. The van der Waals surface area contributed by atoms with E-state index in [0.717, 1.165) is 32.5 Å². The van der Waals surface area contributed by atoms with Crippen molar-refractivity contribution in [3.63, 3.8) is 0 Å². The fourth-order valence-electron chi connectivity index (χ4n) is 3.70. The molecule has 1 N–H and O–H groups in total. The number of nitrogens with zero attached hydrogens (tertiary/aromatic N) is 2. The van der Waals surface area contributed by atoms with E-state index in [9.17, 15) is 13.2 Å². The average Bonchev–Trinajstić information content (AvgIpc) is 3.25. The fourth-order valence-corrected chi connectivity index (χ4v) is 5.37. The lowest BCUT2D eigenvalue weighted by Gasteiger charge is -2.27. The lowest BCUT2D eigenvalue weighted by atomic mass is 10.1. The molecule has 2 heterocycles. The van der Waals surface area contributed by atoms with Gasteiger partial charge in [0.25, 0.3) is 0 Å². The molecule has 0 saturated carbocycles. The van der Waals surface area contributed by atoms with Crippen LogP contribution in [-0.2, 0) is 14.8 Å². The SMILES string of the molecule is CNCC1CCN(C(=O)C2CCCN2S(=O)(=O)c2ccccc2)C1.Cl. The van der Waals surface area contributed by atoms with E-state index < -0.39 is 16.1 Å². The van der Waals surface area contributed by atoms with Crippen molar-refractivity contribution >= 4 is 28.3 Å². The largest absolute Gasteiger partial charge is 0.341 e. The smallest absolute Gasteiger partial charge is 0.243 e. The van der Waals surface area contributed by atoms with Gasteiger partial charge in [0.05, 0.1) is 4.90 Å². The molecule has 0 aromatic heterocycles. The van der Waals surface area contributed by atoms with Gasteiger partial charge in [-0.05, 0) is 50.9 Å². The standard InChI is InChI=1S/C17H25N3O3S.ClH/c1-18-12-14-9-11-19(13-14)17(21)16-8-5-10-20(16)24(22,23)15-6-3-2-4-7-15;/h2-4,6-7,14,16,18H,5,8-13H2,1H3;1H. The molecule has 3 rings (SSSR count). The van der Waals surface area contributed by atoms with Crippen molar-refractivity contribution in [3.8, 4) is 0 Å². The number of sulfonamides is 1. The summed E-state index contributed by atoms with van der Waals surface area (Å²) in [6, 6.07) is 7.84. The van der Waals surface area contributed by atoms with Crippen molar-refractivity contribution in [2.75, 3.05) is 33.2 Å². The van der Waals surface area contributed by atoms with E-state index in [4.69, 9.17) is 0 Å². The molecule has 0 aliphatic carbocycles. The lowest BCUT2D eigenvalue weighted by Crippen LogP contribution is -2.47. The van der Waals surface area contributed by atoms with Crippen molar-refractivity contribution < 1.29 is 13.2 Å². The summed E-state index contributed by atoms with van der Waals surface area (Å²) in [6.07, 6.45) is 2.32. The third-order valence-electron chi connectivity index (χ3n) is 4.93. The van der Waals surface area contributed by atoms with Crippen LogP contribution >= 0.6 is 12.4 Å². The first-order valence-corrected chi connectivity index (χ1v) is 9.98. The minimum atomic E-state index is -3.61. The highest BCUT2D eigenvalue weighted by Gasteiger charge is 2.42. The Morgan fingerprint density at radius 2 is 1.92 bits per heavy atom. The first-order valence-electron chi connectivity index (χ1n) is 8.54. The number of likely N-dealkylation sites (tertiary alicyclic amines) is 1. The Labute approximate surface area is 156 Å². The van der Waals surface area contributed by atoms with E-state index in [1.807, 2.05) is 11.9 Å². The number of hydrogen-bond acceptors (Lipinski definition) is 4. The van der Waals surface area contributed by atoms with Gasteiger partial charge in [0, 0.05) is 19.6 Å². The highest BCUT2D eigenvalue weighted by molar-refractivity contribution is 7.89. The number of hydrogen-bond donors (Lipinski definition) is 1. The number of benzene rings is 1. The second kappa shape index (κ2) is 8.49. The molecule has 2 unspecified atom stereocenters. The molecule has 2 atom stereocenters. The van der Waals surface area contributed by atoms with E-state index in [-0.39, 0.29) is 23.2 Å². The van der Waals surface area contributed by atoms with Gasteiger partial charge in [-0.1, -0.05) is 18.2 Å². The van der Waals surface area contributed by atoms with Gasteiger partial charge in [-0.25, -0.2) is 8.42 Å². The maximum absolute atomic E-state index is 12.9. The van der Waals surface area contributed by atoms with Crippen LogP contribution in [0.2, 0.25) is 0 Å². The minimum absolute atomic E-state index is 0. The number of carbonyl (C=O) groups excluding carboxylic acids is 1. The number of carbonyl (C=O) groups is 1. The Morgan fingerprint density at radius 3 is 2.60 bits per heavy atom. The second-order valence-electron chi connectivity index (χ2n) is 6.58. The van der Waals surface area contributed by atoms with E-state index in [1.165, 1.54) is 4.31 Å². The van der Waals surface area contributed by atoms with Gasteiger partial charge in [0.2, 0.25) is 15.9 Å². The molecule has 2 fully saturated rings. The summed E-state index contributed by atoms with van der Waals surface area (Å²) >= 11 is 0. The molecule has 140 valence electrons. The number of amides is 1. The molecule has 25 heavy (non-hydrogen) atoms. The maximum Gasteiger partial charge on any atom is 0.243 e. The van der Waals surface area contributed by atoms with Crippen LogP contribution in [0, 0.1) is 5.92 Å². The van der Waals surface area contributed by atoms with Gasteiger partial charge in [-0.3, -0.25) is 4.79 Å². The monoisotopic (exact) mass is 387 g/mol. The molecule has 1 amide bonds. The van der Waals surface area contributed by atoms with E-state index in [2.05, 4.69) is 5.32 Å². The summed E-state index contributed by atoms with van der Waals surface area (Å²) < 4.78 is 27.2. The van der Waals surface area contributed by atoms with Gasteiger partial charge in [-0.2, -0.15) is 4.31 Å². The van der Waals surface area contributed by atoms with Crippen molar-refractivity contribution in [2.24, 2.45) is 5.92 Å². The van der Waals surface area contributed by atoms with Crippen LogP contribution in [0.25, 0.3) is 0 Å². The zero-order chi connectivity index (χ0) is 17.2. The molecule has 0 bridgehead atoms. The van der Waals surface area contributed by atoms with E-state index in [0.29, 0.717) is 18.9 Å². The summed E-state index contributed by atoms with van der Waals surface area (Å²) in [7, 11) is -1.70. The number of nitrogens with one attached hydrogen (secondary N) is 1. The predicted octanol–water partition coefficient (Wildman–Crippen LogP) is 1.33. The normalized spacial score (nSPS) is 24.3. The molecule has 1 aromatic carbocycles. The highest BCUT2D eigenvalue weighted by atomic mass is 35.5. The molecule has 6 nitrogen and oxygen atoms in total. The molecule has 2 saturated heterocycles. The Balaban J connectivity index is 0.00000225. The zero-order valence-corrected chi connectivity index (χ0v) is 16.1. The van der Waals surface area contributed by atoms with E-state index >= 15 is 0 Å². The number of halogens is 1. The third kappa shape index (κ3) is 4.16. The van der Waals surface area contributed by atoms with Gasteiger partial charge < -0.3 is 10.2 Å². The van der Waals surface area contributed by atoms with Crippen LogP contribution in [0.1, 0.15) is 19.3 Å². The topological polar surface area (TPSA) is 69.7 Å². The third-order valence-corrected chi connectivity index (χ3v) is 6.85. The summed E-state index contributed by atoms with van der Waals surface area (Å²) in [4.78, 5) is 15.0. The van der Waals surface area contributed by atoms with Gasteiger partial charge >= 0.3 is 0 Å². The summed E-state index contributed by atoms with van der Waals surface area (Å²) in [5, 5.41) is 3.15. The Bertz CT molecular complexity index is 684. The van der Waals surface area contributed by atoms with Crippen molar-refractivity contribution in [3.05, 3.63) is 30.3 Å². The molecule has 0 radical (unpaired) electrons. The zero-order valence-electron chi connectivity index (χ0n) is 14.4. The Kier molecular flexibility index (Phi) is 6.85. The predicted molar refractivity (Wildman–Crippen MR) is 99.2 cm³/mol. The van der Waals surface area contributed by atoms with Crippen molar-refractivity contribution in [2.45, 2.75) is 30.2 Å². The first kappa shape index (κ1) is 20.2. The number of rotatable bonds is 5. The molecule has 8 heteroatoms. The van der Waals surface area contributed by atoms with E-state index in [1.54, 1.807) is 30.3 Å². The summed E-state index contributed by atoms with van der Waals surface area (Å²) in [5.41, 5.74) is 0. The quantitative estimate of drug-likeness (QED) is 0.827. The Morgan fingerprint density at radius 1 is 1.20 bits per heavy atom. The van der Waals surface area contributed by atoms with Crippen molar-refractivity contribution in [1.82, 2.24) is 14.5 Å². The molecule has 2 aliphatic rings. The van der Waals surface area contributed by atoms with Crippen LogP contribution in [0.15, 0.2) is 35.2 Å². The van der Waals surface area contributed by atoms with Crippen LogP contribution in [-0.4, -0.2) is 62.8 Å². The van der Waals surface area contributed by atoms with Crippen LogP contribution in [0.4, 0.5) is 0 Å². The summed E-state index contributed by atoms with van der Waals surface area (Å²) in [6.45, 7) is 2.75. The second-order valence-corrected chi connectivity index (χ2v) is 8.47. The molecule has 1 aromatic rings. The van der Waals surface area contributed by atoms with Crippen LogP contribution < -0.4 is 5.32 Å². The first-order chi connectivity index (χ1) is 11.5. The molecular weight excluding hydrogens is 362 g/mol. The Hall–Kier alpha value is -1.15. The van der Waals surface area contributed by atoms with Crippen LogP contribution in [0.3, 0.4) is 0 Å². The minimum Gasteiger partial charge on any atom is -0.341 e.